The number of hydrogen-bond donors (Lipinski definition) is 1. The van der Waals surface area contributed by atoms with E-state index >= 15 is 0 Å². The van der Waals surface area contributed by atoms with Crippen molar-refractivity contribution in [2.24, 2.45) is 0 Å². The molecule has 0 heterocycles. The van der Waals surface area contributed by atoms with Gasteiger partial charge < -0.3 is 5.32 Å². The van der Waals surface area contributed by atoms with Gasteiger partial charge in [-0.3, -0.25) is 4.79 Å². The molecule has 0 fully saturated rings. The van der Waals surface area contributed by atoms with E-state index in [0.29, 0.717) is 12.0 Å². The minimum absolute atomic E-state index is 0.178. The Morgan fingerprint density at radius 3 is 2.43 bits per heavy atom. The van der Waals surface area contributed by atoms with Crippen LogP contribution in [-0.4, -0.2) is 10.7 Å². The summed E-state index contributed by atoms with van der Waals surface area (Å²) in [6.07, 6.45) is 0.309. The molecule has 2 nitrogen and oxygen atoms in total. The molecule has 0 saturated heterocycles. The van der Waals surface area contributed by atoms with Crippen molar-refractivity contribution in [1.82, 2.24) is 0 Å². The Balaban J connectivity index is 2.04. The number of halogens is 2. The number of aryl methyl sites for hydroxylation is 2. The first-order chi connectivity index (χ1) is 9.95. The number of benzene rings is 2. The van der Waals surface area contributed by atoms with Crippen molar-refractivity contribution in [3.8, 4) is 0 Å². The summed E-state index contributed by atoms with van der Waals surface area (Å²) in [5, 5.41) is 2.85. The molecule has 0 radical (unpaired) electrons. The van der Waals surface area contributed by atoms with Crippen LogP contribution in [0.2, 0.25) is 0 Å². The molecule has 4 heteroatoms. The largest absolute Gasteiger partial charge is 0.325 e. The number of hydrogen-bond acceptors (Lipinski definition) is 1. The Hall–Kier alpha value is -1.68. The molecule has 1 amide bonds. The zero-order valence-electron chi connectivity index (χ0n) is 12.0. The first-order valence-electron chi connectivity index (χ1n) is 6.72. The monoisotopic (exact) mass is 349 g/mol. The van der Waals surface area contributed by atoms with Gasteiger partial charge in [0.2, 0.25) is 5.91 Å². The molecule has 0 bridgehead atoms. The third-order valence-electron chi connectivity index (χ3n) is 3.13. The molecule has 1 atom stereocenters. The summed E-state index contributed by atoms with van der Waals surface area (Å²) in [6, 6.07) is 12.4. The third-order valence-corrected chi connectivity index (χ3v) is 3.87. The van der Waals surface area contributed by atoms with Crippen LogP contribution < -0.4 is 5.32 Å². The van der Waals surface area contributed by atoms with Crippen LogP contribution in [0.15, 0.2) is 42.5 Å². The predicted octanol–water partition coefficient (Wildman–Crippen LogP) is 4.39. The molecule has 2 aromatic carbocycles. The summed E-state index contributed by atoms with van der Waals surface area (Å²) in [5.74, 6) is -0.468. The van der Waals surface area contributed by atoms with Crippen LogP contribution in [0.25, 0.3) is 0 Å². The van der Waals surface area contributed by atoms with Crippen molar-refractivity contribution < 1.29 is 9.18 Å². The van der Waals surface area contributed by atoms with E-state index in [2.05, 4.69) is 21.2 Å². The Kier molecular flexibility index (Phi) is 5.12. The number of amides is 1. The summed E-state index contributed by atoms with van der Waals surface area (Å²) in [6.45, 7) is 3.96. The molecule has 0 aliphatic rings. The van der Waals surface area contributed by atoms with Crippen molar-refractivity contribution in [1.29, 1.82) is 0 Å². The van der Waals surface area contributed by atoms with Crippen molar-refractivity contribution in [2.45, 2.75) is 25.1 Å². The number of carbonyl (C=O) groups is 1. The molecule has 21 heavy (non-hydrogen) atoms. The highest BCUT2D eigenvalue weighted by Gasteiger charge is 2.17. The molecule has 0 aromatic heterocycles. The maximum Gasteiger partial charge on any atom is 0.238 e. The Morgan fingerprint density at radius 2 is 1.81 bits per heavy atom. The molecular formula is C17H17BrFNO. The van der Waals surface area contributed by atoms with Gasteiger partial charge >= 0.3 is 0 Å². The van der Waals surface area contributed by atoms with Gasteiger partial charge in [0.05, 0.1) is 4.83 Å². The molecule has 0 saturated carbocycles. The lowest BCUT2D eigenvalue weighted by Crippen LogP contribution is -2.25. The topological polar surface area (TPSA) is 29.1 Å². The SMILES string of the molecule is Cc1cc(C)cc(NC(=O)C(Br)Cc2ccccc2F)c1. The molecule has 2 aromatic rings. The minimum atomic E-state index is -0.477. The third kappa shape index (κ3) is 4.39. The summed E-state index contributed by atoms with van der Waals surface area (Å²) >= 11 is 3.33. The lowest BCUT2D eigenvalue weighted by Gasteiger charge is -2.12. The van der Waals surface area contributed by atoms with Crippen LogP contribution in [0, 0.1) is 19.7 Å². The van der Waals surface area contributed by atoms with Gasteiger partial charge in [0, 0.05) is 5.69 Å². The second-order valence-electron chi connectivity index (χ2n) is 5.13. The average Bonchev–Trinajstić information content (AvgIpc) is 2.40. The molecule has 0 aliphatic carbocycles. The lowest BCUT2D eigenvalue weighted by molar-refractivity contribution is -0.115. The van der Waals surface area contributed by atoms with E-state index in [4.69, 9.17) is 0 Å². The first kappa shape index (κ1) is 15.7. The minimum Gasteiger partial charge on any atom is -0.325 e. The van der Waals surface area contributed by atoms with Crippen molar-refractivity contribution in [2.75, 3.05) is 5.32 Å². The normalized spacial score (nSPS) is 12.0. The fourth-order valence-electron chi connectivity index (χ4n) is 2.22. The van der Waals surface area contributed by atoms with E-state index in [9.17, 15) is 9.18 Å². The van der Waals surface area contributed by atoms with Gasteiger partial charge in [-0.25, -0.2) is 4.39 Å². The fraction of sp³-hybridized carbons (Fsp3) is 0.235. The zero-order chi connectivity index (χ0) is 15.4. The van der Waals surface area contributed by atoms with Gasteiger partial charge in [-0.15, -0.1) is 0 Å². The molecule has 0 spiro atoms. The molecule has 110 valence electrons. The van der Waals surface area contributed by atoms with Crippen molar-refractivity contribution >= 4 is 27.5 Å². The van der Waals surface area contributed by atoms with E-state index < -0.39 is 4.83 Å². The van der Waals surface area contributed by atoms with E-state index in [1.807, 2.05) is 32.0 Å². The smallest absolute Gasteiger partial charge is 0.238 e. The Bertz CT molecular complexity index is 637. The molecular weight excluding hydrogens is 333 g/mol. The number of rotatable bonds is 4. The highest BCUT2D eigenvalue weighted by atomic mass is 79.9. The lowest BCUT2D eigenvalue weighted by atomic mass is 10.1. The Labute approximate surface area is 132 Å². The number of anilines is 1. The van der Waals surface area contributed by atoms with Gasteiger partial charge in [-0.1, -0.05) is 40.2 Å². The predicted molar refractivity (Wildman–Crippen MR) is 87.4 cm³/mol. The highest BCUT2D eigenvalue weighted by molar-refractivity contribution is 9.10. The van der Waals surface area contributed by atoms with Gasteiger partial charge in [-0.2, -0.15) is 0 Å². The maximum atomic E-state index is 13.6. The van der Waals surface area contributed by atoms with Crippen LogP contribution in [0.5, 0.6) is 0 Å². The fourth-order valence-corrected chi connectivity index (χ4v) is 2.68. The quantitative estimate of drug-likeness (QED) is 0.815. The van der Waals surface area contributed by atoms with Crippen molar-refractivity contribution in [3.63, 3.8) is 0 Å². The molecule has 1 N–H and O–H groups in total. The van der Waals surface area contributed by atoms with Crippen LogP contribution in [0.1, 0.15) is 16.7 Å². The van der Waals surface area contributed by atoms with Gasteiger partial charge in [0.1, 0.15) is 5.82 Å². The van der Waals surface area contributed by atoms with Crippen molar-refractivity contribution in [3.05, 3.63) is 65.0 Å². The van der Waals surface area contributed by atoms with E-state index in [-0.39, 0.29) is 11.7 Å². The summed E-state index contributed by atoms with van der Waals surface area (Å²) < 4.78 is 13.6. The maximum absolute atomic E-state index is 13.6. The zero-order valence-corrected chi connectivity index (χ0v) is 13.6. The first-order valence-corrected chi connectivity index (χ1v) is 7.64. The van der Waals surface area contributed by atoms with E-state index in [1.165, 1.54) is 6.07 Å². The van der Waals surface area contributed by atoms with E-state index in [1.54, 1.807) is 18.2 Å². The molecule has 2 rings (SSSR count). The van der Waals surface area contributed by atoms with E-state index in [0.717, 1.165) is 16.8 Å². The number of carbonyl (C=O) groups excluding carboxylic acids is 1. The summed E-state index contributed by atoms with van der Waals surface area (Å²) in [4.78, 5) is 11.7. The second-order valence-corrected chi connectivity index (χ2v) is 6.23. The van der Waals surface area contributed by atoms with Gasteiger partial charge in [0.15, 0.2) is 0 Å². The molecule has 0 aliphatic heterocycles. The van der Waals surface area contributed by atoms with Gasteiger partial charge in [0.25, 0.3) is 0 Å². The van der Waals surface area contributed by atoms with Crippen LogP contribution >= 0.6 is 15.9 Å². The standard InChI is InChI=1S/C17H17BrFNO/c1-11-7-12(2)9-14(8-11)20-17(21)15(18)10-13-5-3-4-6-16(13)19/h3-9,15H,10H2,1-2H3,(H,20,21). The van der Waals surface area contributed by atoms with Crippen LogP contribution in [0.3, 0.4) is 0 Å². The van der Waals surface area contributed by atoms with Gasteiger partial charge in [-0.05, 0) is 55.2 Å². The summed E-state index contributed by atoms with van der Waals surface area (Å²) in [5.41, 5.74) is 3.46. The van der Waals surface area contributed by atoms with Crippen LogP contribution in [-0.2, 0) is 11.2 Å². The Morgan fingerprint density at radius 1 is 1.19 bits per heavy atom. The second kappa shape index (κ2) is 6.85. The number of alkyl halides is 1. The summed E-state index contributed by atoms with van der Waals surface area (Å²) in [7, 11) is 0. The molecule has 1 unspecified atom stereocenters. The van der Waals surface area contributed by atoms with Crippen LogP contribution in [0.4, 0.5) is 10.1 Å². The average molecular weight is 350 g/mol. The highest BCUT2D eigenvalue weighted by Crippen LogP contribution is 2.18. The number of nitrogens with one attached hydrogen (secondary N) is 1.